The van der Waals surface area contributed by atoms with E-state index in [9.17, 15) is 4.79 Å². The minimum Gasteiger partial charge on any atom is -0.494 e. The number of para-hydroxylation sites is 1. The van der Waals surface area contributed by atoms with Gasteiger partial charge in [-0.05, 0) is 55.5 Å². The lowest BCUT2D eigenvalue weighted by Crippen LogP contribution is -2.44. The predicted molar refractivity (Wildman–Crippen MR) is 126 cm³/mol. The summed E-state index contributed by atoms with van der Waals surface area (Å²) in [6.07, 6.45) is 5.82. The Balaban J connectivity index is 1.49. The number of hydrogen-bond donors (Lipinski definition) is 0. The lowest BCUT2D eigenvalue weighted by molar-refractivity contribution is -0.112. The van der Waals surface area contributed by atoms with Crippen LogP contribution in [0.4, 0.5) is 11.4 Å². The number of anilines is 1. The van der Waals surface area contributed by atoms with Crippen LogP contribution >= 0.6 is 0 Å². The molecule has 0 saturated carbocycles. The third-order valence-corrected chi connectivity index (χ3v) is 6.21. The van der Waals surface area contributed by atoms with Crippen molar-refractivity contribution >= 4 is 23.0 Å². The molecule has 2 aromatic carbocycles. The molecule has 1 fully saturated rings. The Bertz CT molecular complexity index is 915. The van der Waals surface area contributed by atoms with Gasteiger partial charge in [0, 0.05) is 18.7 Å². The van der Waals surface area contributed by atoms with Crippen molar-refractivity contribution in [1.29, 1.82) is 0 Å². The third kappa shape index (κ3) is 5.16. The van der Waals surface area contributed by atoms with Crippen LogP contribution in [0, 0.1) is 5.92 Å². The smallest absolute Gasteiger partial charge is 0.278 e. The number of hydrogen-bond acceptors (Lipinski definition) is 4. The molecular weight excluding hydrogens is 386 g/mol. The number of ether oxygens (including phenoxy) is 1. The van der Waals surface area contributed by atoms with Crippen LogP contribution in [0.2, 0.25) is 0 Å². The van der Waals surface area contributed by atoms with E-state index in [0.29, 0.717) is 12.4 Å². The van der Waals surface area contributed by atoms with Gasteiger partial charge < -0.3 is 4.74 Å². The van der Waals surface area contributed by atoms with Crippen molar-refractivity contribution in [1.82, 2.24) is 4.90 Å². The van der Waals surface area contributed by atoms with E-state index < -0.39 is 0 Å². The average Bonchev–Trinajstić information content (AvgIpc) is 3.05. The fourth-order valence-electron chi connectivity index (χ4n) is 4.20. The lowest BCUT2D eigenvalue weighted by Gasteiger charge is -2.33. The summed E-state index contributed by atoms with van der Waals surface area (Å²) in [6.45, 7) is 7.94. The lowest BCUT2D eigenvalue weighted by atomic mass is 10.00. The summed E-state index contributed by atoms with van der Waals surface area (Å²) in [6, 6.07) is 15.7. The van der Waals surface area contributed by atoms with Gasteiger partial charge in [0.1, 0.15) is 11.5 Å². The molecule has 2 aliphatic rings. The highest BCUT2D eigenvalue weighted by Gasteiger charge is 2.35. The van der Waals surface area contributed by atoms with Gasteiger partial charge in [-0.2, -0.15) is 0 Å². The number of fused-ring (bicyclic) bond motifs is 1. The molecule has 164 valence electrons. The Morgan fingerprint density at radius 2 is 1.77 bits per heavy atom. The number of likely N-dealkylation sites (tertiary alicyclic amines) is 1. The van der Waals surface area contributed by atoms with Crippen molar-refractivity contribution in [2.45, 2.75) is 46.0 Å². The van der Waals surface area contributed by atoms with Gasteiger partial charge in [-0.15, -0.1) is 0 Å². The molecule has 2 aliphatic heterocycles. The van der Waals surface area contributed by atoms with Crippen LogP contribution in [0.5, 0.6) is 5.75 Å². The third-order valence-electron chi connectivity index (χ3n) is 6.21. The van der Waals surface area contributed by atoms with Crippen molar-refractivity contribution in [2.24, 2.45) is 10.9 Å². The molecule has 31 heavy (non-hydrogen) atoms. The number of nitrogens with zero attached hydrogens (tertiary/aromatic N) is 3. The number of benzene rings is 2. The Morgan fingerprint density at radius 3 is 2.52 bits per heavy atom. The summed E-state index contributed by atoms with van der Waals surface area (Å²) in [5.41, 5.74) is 3.17. The van der Waals surface area contributed by atoms with E-state index in [1.807, 2.05) is 53.4 Å². The zero-order valence-electron chi connectivity index (χ0n) is 18.7. The van der Waals surface area contributed by atoms with E-state index in [1.165, 1.54) is 25.7 Å². The number of unbranched alkanes of at least 4 members (excludes halogenated alkanes) is 2. The first-order chi connectivity index (χ1) is 15.2. The molecule has 0 aromatic heterocycles. The maximum Gasteiger partial charge on any atom is 0.278 e. The topological polar surface area (TPSA) is 45.1 Å². The van der Waals surface area contributed by atoms with Crippen LogP contribution in [0.3, 0.4) is 0 Å². The Morgan fingerprint density at radius 1 is 1.03 bits per heavy atom. The van der Waals surface area contributed by atoms with Gasteiger partial charge in [-0.3, -0.25) is 14.6 Å². The summed E-state index contributed by atoms with van der Waals surface area (Å²) in [4.78, 5) is 22.3. The zero-order valence-corrected chi connectivity index (χ0v) is 18.7. The molecule has 2 aromatic rings. The number of carbonyl (C=O) groups excluding carboxylic acids is 1. The van der Waals surface area contributed by atoms with Crippen LogP contribution in [0.25, 0.3) is 0 Å². The van der Waals surface area contributed by atoms with Crippen molar-refractivity contribution in [2.75, 3.05) is 31.3 Å². The molecule has 2 heterocycles. The highest BCUT2D eigenvalue weighted by atomic mass is 16.5. The summed E-state index contributed by atoms with van der Waals surface area (Å²) >= 11 is 0. The quantitative estimate of drug-likeness (QED) is 0.537. The van der Waals surface area contributed by atoms with E-state index in [1.54, 1.807) is 0 Å². The maximum atomic E-state index is 13.3. The van der Waals surface area contributed by atoms with Gasteiger partial charge in [0.05, 0.1) is 24.7 Å². The first-order valence-electron chi connectivity index (χ1n) is 11.6. The molecule has 0 aliphatic carbocycles. The van der Waals surface area contributed by atoms with Gasteiger partial charge in [-0.1, -0.05) is 44.9 Å². The Hall–Kier alpha value is -2.66. The first-order valence-corrected chi connectivity index (χ1v) is 11.6. The van der Waals surface area contributed by atoms with Gasteiger partial charge in [0.2, 0.25) is 0 Å². The minimum atomic E-state index is -0.0142. The molecule has 5 heteroatoms. The van der Waals surface area contributed by atoms with E-state index in [2.05, 4.69) is 18.7 Å². The van der Waals surface area contributed by atoms with E-state index in [0.717, 1.165) is 54.7 Å². The predicted octanol–water partition coefficient (Wildman–Crippen LogP) is 5.41. The summed E-state index contributed by atoms with van der Waals surface area (Å²) in [5.74, 6) is 1.60. The fraction of sp³-hybridized carbons (Fsp3) is 0.462. The minimum absolute atomic E-state index is 0.0142. The van der Waals surface area contributed by atoms with E-state index in [4.69, 9.17) is 9.73 Å². The SMILES string of the molecule is CCCCCOc1ccc(N=C2C(=O)N(CN3CCC(C)CC3)c3ccccc32)cc1. The molecule has 5 nitrogen and oxygen atoms in total. The highest BCUT2D eigenvalue weighted by Crippen LogP contribution is 2.32. The number of piperidine rings is 1. The molecule has 1 saturated heterocycles. The normalized spacial score (nSPS) is 18.6. The Labute approximate surface area is 185 Å². The van der Waals surface area contributed by atoms with Crippen molar-refractivity contribution in [3.63, 3.8) is 0 Å². The zero-order chi connectivity index (χ0) is 21.6. The van der Waals surface area contributed by atoms with Gasteiger partial charge >= 0.3 is 0 Å². The molecular formula is C26H33N3O2. The largest absolute Gasteiger partial charge is 0.494 e. The molecule has 0 atom stereocenters. The van der Waals surface area contributed by atoms with Gasteiger partial charge in [0.25, 0.3) is 5.91 Å². The molecule has 0 radical (unpaired) electrons. The second-order valence-corrected chi connectivity index (χ2v) is 8.70. The van der Waals surface area contributed by atoms with Gasteiger partial charge in [0.15, 0.2) is 0 Å². The van der Waals surface area contributed by atoms with Crippen LogP contribution < -0.4 is 9.64 Å². The van der Waals surface area contributed by atoms with Gasteiger partial charge in [-0.25, -0.2) is 4.99 Å². The molecule has 0 bridgehead atoms. The van der Waals surface area contributed by atoms with Crippen molar-refractivity contribution in [3.8, 4) is 5.75 Å². The van der Waals surface area contributed by atoms with Crippen LogP contribution in [0.15, 0.2) is 53.5 Å². The van der Waals surface area contributed by atoms with E-state index >= 15 is 0 Å². The Kier molecular flexibility index (Phi) is 7.03. The number of aliphatic imine (C=N–C) groups is 1. The molecule has 0 N–H and O–H groups in total. The first kappa shape index (κ1) is 21.6. The molecule has 4 rings (SSSR count). The standard InChI is InChI=1S/C26H33N3O2/c1-3-4-7-18-31-22-12-10-21(11-13-22)27-25-23-8-5-6-9-24(23)29(26(25)30)19-28-16-14-20(2)15-17-28/h5-6,8-13,20H,3-4,7,14-19H2,1-2H3. The second-order valence-electron chi connectivity index (χ2n) is 8.70. The second kappa shape index (κ2) is 10.1. The monoisotopic (exact) mass is 419 g/mol. The highest BCUT2D eigenvalue weighted by molar-refractivity contribution is 6.54. The van der Waals surface area contributed by atoms with Crippen LogP contribution in [0.1, 0.15) is 51.5 Å². The fourth-order valence-corrected chi connectivity index (χ4v) is 4.20. The van der Waals surface area contributed by atoms with Crippen LogP contribution in [-0.4, -0.2) is 42.9 Å². The molecule has 0 spiro atoms. The molecule has 1 amide bonds. The number of rotatable bonds is 8. The van der Waals surface area contributed by atoms with Crippen molar-refractivity contribution in [3.05, 3.63) is 54.1 Å². The number of amides is 1. The molecule has 0 unspecified atom stereocenters. The average molecular weight is 420 g/mol. The summed E-state index contributed by atoms with van der Waals surface area (Å²) < 4.78 is 5.79. The van der Waals surface area contributed by atoms with Crippen molar-refractivity contribution < 1.29 is 9.53 Å². The summed E-state index contributed by atoms with van der Waals surface area (Å²) in [7, 11) is 0. The van der Waals surface area contributed by atoms with Crippen LogP contribution in [-0.2, 0) is 4.79 Å². The van der Waals surface area contributed by atoms with E-state index in [-0.39, 0.29) is 5.91 Å². The maximum absolute atomic E-state index is 13.3. The summed E-state index contributed by atoms with van der Waals surface area (Å²) in [5, 5.41) is 0. The number of carbonyl (C=O) groups is 1.